The maximum atomic E-state index is 12.5. The number of alkyl halides is 3. The van der Waals surface area contributed by atoms with Crippen LogP contribution in [0.4, 0.5) is 13.2 Å². The van der Waals surface area contributed by atoms with E-state index in [1.54, 1.807) is 12.1 Å². The Kier molecular flexibility index (Phi) is 4.15. The summed E-state index contributed by atoms with van der Waals surface area (Å²) < 4.78 is 42.8. The molecule has 0 saturated carbocycles. The van der Waals surface area contributed by atoms with Crippen LogP contribution in [0.3, 0.4) is 0 Å². The molecule has 3 nitrogen and oxygen atoms in total. The van der Waals surface area contributed by atoms with Gasteiger partial charge in [-0.2, -0.15) is 13.2 Å². The van der Waals surface area contributed by atoms with Crippen molar-refractivity contribution in [2.24, 2.45) is 5.73 Å². The van der Waals surface area contributed by atoms with E-state index in [1.165, 1.54) is 18.2 Å². The molecule has 0 radical (unpaired) electrons. The third-order valence-corrected chi connectivity index (χ3v) is 2.76. The van der Waals surface area contributed by atoms with Crippen molar-refractivity contribution < 1.29 is 17.9 Å². The van der Waals surface area contributed by atoms with Gasteiger partial charge in [-0.25, -0.2) is 4.98 Å². The number of aromatic nitrogens is 1. The molecule has 0 aliphatic heterocycles. The summed E-state index contributed by atoms with van der Waals surface area (Å²) in [7, 11) is 0. The zero-order chi connectivity index (χ0) is 14.8. The summed E-state index contributed by atoms with van der Waals surface area (Å²) in [5, 5.41) is 0.257. The molecule has 1 heterocycles. The molecule has 2 aromatic rings. The topological polar surface area (TPSA) is 48.1 Å². The smallest absolute Gasteiger partial charge is 0.433 e. The lowest BCUT2D eigenvalue weighted by Gasteiger charge is -2.10. The molecular formula is C13H10ClF3N2O. The summed E-state index contributed by atoms with van der Waals surface area (Å²) in [4.78, 5) is 3.39. The van der Waals surface area contributed by atoms with E-state index < -0.39 is 11.9 Å². The van der Waals surface area contributed by atoms with Crippen molar-refractivity contribution in [2.45, 2.75) is 12.7 Å². The van der Waals surface area contributed by atoms with Crippen LogP contribution in [-0.4, -0.2) is 4.98 Å². The van der Waals surface area contributed by atoms with Gasteiger partial charge in [0.25, 0.3) is 0 Å². The number of pyridine rings is 1. The fourth-order valence-electron chi connectivity index (χ4n) is 1.50. The maximum absolute atomic E-state index is 12.5. The van der Waals surface area contributed by atoms with E-state index in [2.05, 4.69) is 4.98 Å². The van der Waals surface area contributed by atoms with Gasteiger partial charge in [0, 0.05) is 12.6 Å². The molecule has 0 atom stereocenters. The monoisotopic (exact) mass is 302 g/mol. The molecule has 0 fully saturated rings. The summed E-state index contributed by atoms with van der Waals surface area (Å²) in [5.74, 6) is 0.0397. The molecular weight excluding hydrogens is 293 g/mol. The lowest BCUT2D eigenvalue weighted by Crippen LogP contribution is -2.08. The van der Waals surface area contributed by atoms with Gasteiger partial charge < -0.3 is 10.5 Å². The molecule has 20 heavy (non-hydrogen) atoms. The highest BCUT2D eigenvalue weighted by molar-refractivity contribution is 6.32. The normalized spacial score (nSPS) is 11.4. The van der Waals surface area contributed by atoms with Crippen LogP contribution in [-0.2, 0) is 12.7 Å². The molecule has 0 bridgehead atoms. The molecule has 106 valence electrons. The van der Waals surface area contributed by atoms with E-state index in [0.717, 1.165) is 11.6 Å². The Balaban J connectivity index is 2.26. The number of hydrogen-bond donors (Lipinski definition) is 1. The quantitative estimate of drug-likeness (QED) is 0.932. The van der Waals surface area contributed by atoms with Crippen molar-refractivity contribution in [3.8, 4) is 11.6 Å². The predicted molar refractivity (Wildman–Crippen MR) is 68.7 cm³/mol. The van der Waals surface area contributed by atoms with Gasteiger partial charge in [-0.1, -0.05) is 23.7 Å². The molecule has 1 aromatic carbocycles. The Morgan fingerprint density at radius 3 is 2.55 bits per heavy atom. The van der Waals surface area contributed by atoms with Crippen LogP contribution < -0.4 is 10.5 Å². The highest BCUT2D eigenvalue weighted by Crippen LogP contribution is 2.32. The third kappa shape index (κ3) is 3.40. The maximum Gasteiger partial charge on any atom is 0.433 e. The molecule has 0 aliphatic rings. The van der Waals surface area contributed by atoms with Crippen LogP contribution in [0.5, 0.6) is 11.6 Å². The number of hydrogen-bond acceptors (Lipinski definition) is 3. The van der Waals surface area contributed by atoms with E-state index in [1.807, 2.05) is 0 Å². The fourth-order valence-corrected chi connectivity index (χ4v) is 1.74. The number of ether oxygens (including phenoxy) is 1. The van der Waals surface area contributed by atoms with Crippen LogP contribution >= 0.6 is 11.6 Å². The van der Waals surface area contributed by atoms with Crippen LogP contribution in [0, 0.1) is 0 Å². The second kappa shape index (κ2) is 5.68. The van der Waals surface area contributed by atoms with Crippen molar-refractivity contribution in [2.75, 3.05) is 0 Å². The molecule has 2 N–H and O–H groups in total. The standard InChI is InChI=1S/C13H10ClF3N2O/c14-9-6-8(7-18)4-5-10(9)20-12-3-1-2-11(19-12)13(15,16)17/h1-6H,7,18H2. The van der Waals surface area contributed by atoms with Crippen LogP contribution in [0.2, 0.25) is 5.02 Å². The Morgan fingerprint density at radius 1 is 1.20 bits per heavy atom. The average Bonchev–Trinajstić information content (AvgIpc) is 2.40. The summed E-state index contributed by atoms with van der Waals surface area (Å²) in [6.07, 6.45) is -4.52. The van der Waals surface area contributed by atoms with Gasteiger partial charge in [-0.05, 0) is 23.8 Å². The fraction of sp³-hybridized carbons (Fsp3) is 0.154. The van der Waals surface area contributed by atoms with Gasteiger partial charge in [-0.3, -0.25) is 0 Å². The first-order valence-electron chi connectivity index (χ1n) is 5.61. The van der Waals surface area contributed by atoms with Crippen LogP contribution in [0.25, 0.3) is 0 Å². The summed E-state index contributed by atoms with van der Waals surface area (Å²) >= 11 is 5.96. The molecule has 0 amide bonds. The zero-order valence-electron chi connectivity index (χ0n) is 10.1. The predicted octanol–water partition coefficient (Wildman–Crippen LogP) is 4.00. The van der Waals surface area contributed by atoms with Crippen LogP contribution in [0.15, 0.2) is 36.4 Å². The summed E-state index contributed by atoms with van der Waals surface area (Å²) in [6.45, 7) is 0.307. The molecule has 0 saturated heterocycles. The molecule has 0 aliphatic carbocycles. The van der Waals surface area contributed by atoms with Crippen LogP contribution in [0.1, 0.15) is 11.3 Å². The van der Waals surface area contributed by atoms with E-state index in [0.29, 0.717) is 6.54 Å². The first-order chi connectivity index (χ1) is 9.40. The first kappa shape index (κ1) is 14.6. The van der Waals surface area contributed by atoms with Crippen molar-refractivity contribution >= 4 is 11.6 Å². The molecule has 0 unspecified atom stereocenters. The minimum atomic E-state index is -4.52. The minimum Gasteiger partial charge on any atom is -0.437 e. The minimum absolute atomic E-state index is 0.178. The Labute approximate surface area is 118 Å². The second-order valence-corrected chi connectivity index (χ2v) is 4.34. The third-order valence-electron chi connectivity index (χ3n) is 2.46. The second-order valence-electron chi connectivity index (χ2n) is 3.93. The zero-order valence-corrected chi connectivity index (χ0v) is 10.9. The largest absolute Gasteiger partial charge is 0.437 e. The number of nitrogens with zero attached hydrogens (tertiary/aromatic N) is 1. The van der Waals surface area contributed by atoms with Crippen molar-refractivity contribution in [1.29, 1.82) is 0 Å². The molecule has 2 rings (SSSR count). The van der Waals surface area contributed by atoms with Gasteiger partial charge in [0.15, 0.2) is 0 Å². The number of nitrogens with two attached hydrogens (primary N) is 1. The van der Waals surface area contributed by atoms with Crippen molar-refractivity contribution in [3.63, 3.8) is 0 Å². The van der Waals surface area contributed by atoms with Gasteiger partial charge in [0.05, 0.1) is 5.02 Å². The Hall–Kier alpha value is -1.79. The van der Waals surface area contributed by atoms with Gasteiger partial charge in [-0.15, -0.1) is 0 Å². The van der Waals surface area contributed by atoms with Gasteiger partial charge in [0.2, 0.25) is 5.88 Å². The number of benzene rings is 1. The van der Waals surface area contributed by atoms with E-state index in [4.69, 9.17) is 22.1 Å². The van der Waals surface area contributed by atoms with E-state index in [-0.39, 0.29) is 16.7 Å². The summed E-state index contributed by atoms with van der Waals surface area (Å²) in [6, 6.07) is 8.20. The Morgan fingerprint density at radius 2 is 1.95 bits per heavy atom. The molecule has 7 heteroatoms. The van der Waals surface area contributed by atoms with Crippen molar-refractivity contribution in [1.82, 2.24) is 4.98 Å². The first-order valence-corrected chi connectivity index (χ1v) is 5.98. The SMILES string of the molecule is NCc1ccc(Oc2cccc(C(F)(F)F)n2)c(Cl)c1. The highest BCUT2D eigenvalue weighted by Gasteiger charge is 2.32. The summed E-state index contributed by atoms with van der Waals surface area (Å²) in [5.41, 5.74) is 5.22. The van der Waals surface area contributed by atoms with E-state index >= 15 is 0 Å². The molecule has 1 aromatic heterocycles. The number of halogens is 4. The lowest BCUT2D eigenvalue weighted by atomic mass is 10.2. The molecule has 0 spiro atoms. The van der Waals surface area contributed by atoms with E-state index in [9.17, 15) is 13.2 Å². The number of rotatable bonds is 3. The Bertz CT molecular complexity index is 617. The highest BCUT2D eigenvalue weighted by atomic mass is 35.5. The van der Waals surface area contributed by atoms with Gasteiger partial charge in [0.1, 0.15) is 11.4 Å². The average molecular weight is 303 g/mol. The lowest BCUT2D eigenvalue weighted by molar-refractivity contribution is -0.141. The van der Waals surface area contributed by atoms with Crippen molar-refractivity contribution in [3.05, 3.63) is 52.7 Å². The van der Waals surface area contributed by atoms with Gasteiger partial charge >= 0.3 is 6.18 Å².